The second-order valence-corrected chi connectivity index (χ2v) is 9.68. The largest absolute Gasteiger partial charge is 0.479 e. The van der Waals surface area contributed by atoms with E-state index in [0.29, 0.717) is 0 Å². The van der Waals surface area contributed by atoms with Crippen molar-refractivity contribution >= 4 is 5.97 Å². The fraction of sp³-hybridized carbons (Fsp3) is 0.964. The van der Waals surface area contributed by atoms with Gasteiger partial charge in [-0.2, -0.15) is 0 Å². The van der Waals surface area contributed by atoms with Crippen LogP contribution in [0.2, 0.25) is 0 Å². The summed E-state index contributed by atoms with van der Waals surface area (Å²) in [4.78, 5) is 12.0. The van der Waals surface area contributed by atoms with Crippen LogP contribution in [0.1, 0.15) is 149 Å². The average molecular weight is 458 g/mol. The zero-order valence-corrected chi connectivity index (χ0v) is 22.4. The number of carboxylic acids is 1. The van der Waals surface area contributed by atoms with E-state index >= 15 is 0 Å². The zero-order chi connectivity index (χ0) is 24.3. The van der Waals surface area contributed by atoms with E-state index in [0.717, 1.165) is 0 Å². The van der Waals surface area contributed by atoms with Crippen LogP contribution in [0.4, 0.5) is 0 Å². The Labute approximate surface area is 201 Å². The van der Waals surface area contributed by atoms with Crippen molar-refractivity contribution in [2.24, 2.45) is 0 Å². The van der Waals surface area contributed by atoms with E-state index in [-0.39, 0.29) is 0 Å². The summed E-state index contributed by atoms with van der Waals surface area (Å²) in [7, 11) is 2.32. The zero-order valence-electron chi connectivity index (χ0n) is 22.4. The standard InChI is InChI=1S/C25H53N.C3H6O3/c1-4-6-8-10-12-14-16-18-20-22-24-26(3)25-23-21-19-17-15-13-11-9-7-5-2;1-2(4)3(5)6/h4-25H2,1-3H3;2,4H,1H3,(H,5,6). The molecule has 0 fully saturated rings. The first-order valence-corrected chi connectivity index (χ1v) is 14.0. The molecule has 0 rings (SSSR count). The normalized spacial score (nSPS) is 11.9. The van der Waals surface area contributed by atoms with Crippen LogP contribution in [0, 0.1) is 0 Å². The Kier molecular flexibility index (Phi) is 29.8. The summed E-state index contributed by atoms with van der Waals surface area (Å²) in [5.41, 5.74) is 0. The highest BCUT2D eigenvalue weighted by Crippen LogP contribution is 2.12. The molecule has 2 N–H and O–H groups in total. The van der Waals surface area contributed by atoms with Crippen molar-refractivity contribution in [2.75, 3.05) is 20.1 Å². The Bertz CT molecular complexity index is 337. The molecule has 194 valence electrons. The van der Waals surface area contributed by atoms with Gasteiger partial charge in [0.15, 0.2) is 0 Å². The summed E-state index contributed by atoms with van der Waals surface area (Å²) in [5, 5.41) is 15.8. The van der Waals surface area contributed by atoms with Crippen molar-refractivity contribution in [2.45, 2.75) is 155 Å². The second kappa shape index (κ2) is 28.4. The lowest BCUT2D eigenvalue weighted by atomic mass is 10.1. The highest BCUT2D eigenvalue weighted by Gasteiger charge is 2.01. The molecule has 4 nitrogen and oxygen atoms in total. The Morgan fingerprint density at radius 2 is 0.812 bits per heavy atom. The number of hydrogen-bond donors (Lipinski definition) is 2. The van der Waals surface area contributed by atoms with Crippen molar-refractivity contribution < 1.29 is 15.0 Å². The van der Waals surface area contributed by atoms with Crippen LogP contribution >= 0.6 is 0 Å². The third kappa shape index (κ3) is 31.6. The molecule has 0 heterocycles. The number of rotatable bonds is 23. The van der Waals surface area contributed by atoms with Gasteiger partial charge in [-0.1, -0.05) is 129 Å². The van der Waals surface area contributed by atoms with Crippen molar-refractivity contribution in [3.63, 3.8) is 0 Å². The number of nitrogens with zero attached hydrogens (tertiary/aromatic N) is 1. The van der Waals surface area contributed by atoms with Gasteiger partial charge in [0.05, 0.1) is 0 Å². The molecule has 4 heteroatoms. The van der Waals surface area contributed by atoms with Crippen molar-refractivity contribution in [1.29, 1.82) is 0 Å². The molecular weight excluding hydrogens is 398 g/mol. The Morgan fingerprint density at radius 1 is 0.594 bits per heavy atom. The first kappa shape index (κ1) is 33.6. The SMILES string of the molecule is CC(O)C(=O)O.CCCCCCCCCCCCN(C)CCCCCCCCCCCC. The molecule has 0 aromatic rings. The van der Waals surface area contributed by atoms with Gasteiger partial charge in [-0.3, -0.25) is 0 Å². The smallest absolute Gasteiger partial charge is 0.332 e. The van der Waals surface area contributed by atoms with E-state index in [1.54, 1.807) is 0 Å². The molecule has 0 bridgehead atoms. The fourth-order valence-electron chi connectivity index (χ4n) is 3.85. The lowest BCUT2D eigenvalue weighted by molar-refractivity contribution is -0.145. The van der Waals surface area contributed by atoms with E-state index in [1.807, 2.05) is 0 Å². The Hall–Kier alpha value is -0.610. The third-order valence-electron chi connectivity index (χ3n) is 6.14. The van der Waals surface area contributed by atoms with Gasteiger partial charge < -0.3 is 15.1 Å². The molecule has 1 unspecified atom stereocenters. The predicted octanol–water partition coefficient (Wildman–Crippen LogP) is 8.21. The van der Waals surface area contributed by atoms with Crippen LogP contribution < -0.4 is 0 Å². The molecular formula is C28H59NO3. The summed E-state index contributed by atoms with van der Waals surface area (Å²) in [6.45, 7) is 8.42. The topological polar surface area (TPSA) is 60.8 Å². The minimum Gasteiger partial charge on any atom is -0.479 e. The summed E-state index contributed by atoms with van der Waals surface area (Å²) in [6, 6.07) is 0. The van der Waals surface area contributed by atoms with Gasteiger partial charge in [0, 0.05) is 0 Å². The van der Waals surface area contributed by atoms with Crippen LogP contribution in [0.3, 0.4) is 0 Å². The first-order valence-electron chi connectivity index (χ1n) is 14.0. The number of unbranched alkanes of at least 4 members (excludes halogenated alkanes) is 18. The third-order valence-corrected chi connectivity index (χ3v) is 6.14. The maximum absolute atomic E-state index is 9.45. The number of hydrogen-bond acceptors (Lipinski definition) is 3. The lowest BCUT2D eigenvalue weighted by Gasteiger charge is -2.16. The van der Waals surface area contributed by atoms with Gasteiger partial charge in [-0.05, 0) is 39.9 Å². The van der Waals surface area contributed by atoms with Gasteiger partial charge in [0.1, 0.15) is 6.10 Å². The summed E-state index contributed by atoms with van der Waals surface area (Å²) < 4.78 is 0. The molecule has 0 radical (unpaired) electrons. The molecule has 0 aliphatic carbocycles. The number of carboxylic acid groups (broad SMARTS) is 1. The first-order chi connectivity index (χ1) is 15.5. The predicted molar refractivity (Wildman–Crippen MR) is 141 cm³/mol. The van der Waals surface area contributed by atoms with Gasteiger partial charge in [-0.15, -0.1) is 0 Å². The Morgan fingerprint density at radius 3 is 1.03 bits per heavy atom. The number of aliphatic carboxylic acids is 1. The quantitative estimate of drug-likeness (QED) is 0.152. The fourth-order valence-corrected chi connectivity index (χ4v) is 3.85. The molecule has 0 saturated heterocycles. The Balaban J connectivity index is 0. The van der Waals surface area contributed by atoms with Gasteiger partial charge >= 0.3 is 5.97 Å². The minimum absolute atomic E-state index is 1.19. The molecule has 0 aromatic carbocycles. The van der Waals surface area contributed by atoms with E-state index in [9.17, 15) is 4.79 Å². The maximum atomic E-state index is 9.45. The van der Waals surface area contributed by atoms with Crippen LogP contribution in [-0.4, -0.2) is 47.3 Å². The number of aliphatic hydroxyl groups is 1. The molecule has 0 aromatic heterocycles. The van der Waals surface area contributed by atoms with E-state index < -0.39 is 12.1 Å². The van der Waals surface area contributed by atoms with Crippen molar-refractivity contribution in [1.82, 2.24) is 4.90 Å². The van der Waals surface area contributed by atoms with E-state index in [1.165, 1.54) is 148 Å². The van der Waals surface area contributed by atoms with Crippen LogP contribution in [-0.2, 0) is 4.79 Å². The van der Waals surface area contributed by atoms with Gasteiger partial charge in [-0.25, -0.2) is 4.79 Å². The highest BCUT2D eigenvalue weighted by molar-refractivity contribution is 5.71. The molecule has 0 amide bonds. The highest BCUT2D eigenvalue weighted by atomic mass is 16.4. The van der Waals surface area contributed by atoms with Crippen molar-refractivity contribution in [3.05, 3.63) is 0 Å². The summed E-state index contributed by atoms with van der Waals surface area (Å²) >= 11 is 0. The second-order valence-electron chi connectivity index (χ2n) is 9.68. The average Bonchev–Trinajstić information content (AvgIpc) is 2.76. The molecule has 0 aliphatic heterocycles. The number of aliphatic hydroxyl groups excluding tert-OH is 1. The molecule has 1 atom stereocenters. The molecule has 0 spiro atoms. The van der Waals surface area contributed by atoms with Crippen LogP contribution in [0.25, 0.3) is 0 Å². The van der Waals surface area contributed by atoms with Crippen LogP contribution in [0.5, 0.6) is 0 Å². The minimum atomic E-state index is -1.23. The van der Waals surface area contributed by atoms with Gasteiger partial charge in [0.25, 0.3) is 0 Å². The molecule has 0 aliphatic rings. The van der Waals surface area contributed by atoms with Gasteiger partial charge in [0.2, 0.25) is 0 Å². The number of carbonyl (C=O) groups is 1. The summed E-state index contributed by atoms with van der Waals surface area (Å²) in [6.07, 6.45) is 27.7. The van der Waals surface area contributed by atoms with E-state index in [4.69, 9.17) is 10.2 Å². The maximum Gasteiger partial charge on any atom is 0.332 e. The summed E-state index contributed by atoms with van der Waals surface area (Å²) in [5.74, 6) is -1.19. The van der Waals surface area contributed by atoms with E-state index in [2.05, 4.69) is 25.8 Å². The van der Waals surface area contributed by atoms with Crippen LogP contribution in [0.15, 0.2) is 0 Å². The monoisotopic (exact) mass is 457 g/mol. The molecule has 32 heavy (non-hydrogen) atoms. The lowest BCUT2D eigenvalue weighted by Crippen LogP contribution is -2.20. The van der Waals surface area contributed by atoms with Crippen molar-refractivity contribution in [3.8, 4) is 0 Å². The molecule has 0 saturated carbocycles.